The van der Waals surface area contributed by atoms with Crippen molar-refractivity contribution < 1.29 is 33.7 Å². The number of fused-ring (bicyclic) bond motifs is 7. The van der Waals surface area contributed by atoms with Crippen molar-refractivity contribution in [1.29, 1.82) is 0 Å². The maximum atomic E-state index is 14.4. The Balaban J connectivity index is 1.18. The van der Waals surface area contributed by atoms with E-state index in [1.807, 2.05) is 6.08 Å². The molecule has 8 heteroatoms. The van der Waals surface area contributed by atoms with E-state index in [2.05, 4.69) is 18.7 Å². The van der Waals surface area contributed by atoms with Gasteiger partial charge < -0.3 is 19.3 Å². The molecule has 0 spiro atoms. The van der Waals surface area contributed by atoms with Gasteiger partial charge in [0.25, 0.3) is 0 Å². The second kappa shape index (κ2) is 10.6. The van der Waals surface area contributed by atoms with Crippen LogP contribution in [0.5, 0.6) is 0 Å². The predicted octanol–water partition coefficient (Wildman–Crippen LogP) is 4.14. The van der Waals surface area contributed by atoms with Crippen LogP contribution >= 0.6 is 0 Å². The van der Waals surface area contributed by atoms with Crippen molar-refractivity contribution in [2.24, 2.45) is 34.5 Å². The maximum absolute atomic E-state index is 14.4. The Kier molecular flexibility index (Phi) is 7.31. The third-order valence-electron chi connectivity index (χ3n) is 12.6. The molecule has 0 aromatic carbocycles. The second-order valence-electron chi connectivity index (χ2n) is 14.8. The molecule has 2 heterocycles. The summed E-state index contributed by atoms with van der Waals surface area (Å²) < 4.78 is 19.3. The minimum absolute atomic E-state index is 0.0193. The van der Waals surface area contributed by atoms with Crippen LogP contribution in [0.3, 0.4) is 0 Å². The lowest BCUT2D eigenvalue weighted by Gasteiger charge is -2.59. The molecule has 2 saturated heterocycles. The van der Waals surface area contributed by atoms with Gasteiger partial charge in [0.1, 0.15) is 0 Å². The molecule has 2 aliphatic heterocycles. The number of carbonyl (C=O) groups excluding carboxylic acids is 3. The van der Waals surface area contributed by atoms with Gasteiger partial charge in [-0.2, -0.15) is 0 Å². The van der Waals surface area contributed by atoms with Gasteiger partial charge in [-0.1, -0.05) is 44.8 Å². The SMILES string of the molecule is C[C@]12C=CC(=O)C=C1CC[C@@H]1[C@@H]2[C@@H](O)C[C@@]2(C)[C@H]1C[C@H]1O[C@@H](C3CCCCC3)O[C@]12C(=O)COC(=O)CN1CCCC1. The van der Waals surface area contributed by atoms with E-state index in [9.17, 15) is 19.5 Å². The Labute approximate surface area is 249 Å². The molecule has 0 amide bonds. The third-order valence-corrected chi connectivity index (χ3v) is 12.6. The smallest absolute Gasteiger partial charge is 0.320 e. The summed E-state index contributed by atoms with van der Waals surface area (Å²) in [6, 6.07) is 0. The fourth-order valence-corrected chi connectivity index (χ4v) is 10.6. The van der Waals surface area contributed by atoms with E-state index in [1.165, 1.54) is 6.42 Å². The summed E-state index contributed by atoms with van der Waals surface area (Å²) in [5, 5.41) is 12.0. The molecular formula is C34H47NO7. The number of aliphatic hydroxyl groups excluding tert-OH is 1. The molecule has 1 N–H and O–H groups in total. The number of Topliss-reactive ketones (excluding diaryl/α,β-unsaturated/α-hetero) is 1. The van der Waals surface area contributed by atoms with Crippen LogP contribution in [0.25, 0.3) is 0 Å². The fraction of sp³-hybridized carbons (Fsp3) is 0.794. The highest BCUT2D eigenvalue weighted by Gasteiger charge is 2.76. The molecule has 42 heavy (non-hydrogen) atoms. The highest BCUT2D eigenvalue weighted by molar-refractivity contribution is 6.01. The van der Waals surface area contributed by atoms with Gasteiger partial charge in [0.05, 0.1) is 18.8 Å². The highest BCUT2D eigenvalue weighted by atomic mass is 16.7. The number of nitrogens with zero attached hydrogens (tertiary/aromatic N) is 1. The van der Waals surface area contributed by atoms with E-state index >= 15 is 0 Å². The van der Waals surface area contributed by atoms with Crippen LogP contribution in [0, 0.1) is 34.5 Å². The number of rotatable bonds is 6. The van der Waals surface area contributed by atoms with Crippen LogP contribution in [0.4, 0.5) is 0 Å². The predicted molar refractivity (Wildman–Crippen MR) is 154 cm³/mol. The first-order valence-electron chi connectivity index (χ1n) is 16.5. The van der Waals surface area contributed by atoms with Crippen molar-refractivity contribution in [2.75, 3.05) is 26.2 Å². The second-order valence-corrected chi connectivity index (χ2v) is 14.8. The number of hydrogen-bond acceptors (Lipinski definition) is 8. The van der Waals surface area contributed by atoms with Gasteiger partial charge in [-0.15, -0.1) is 0 Å². The average Bonchev–Trinajstić information content (AvgIpc) is 3.68. The monoisotopic (exact) mass is 581 g/mol. The van der Waals surface area contributed by atoms with Crippen molar-refractivity contribution in [3.8, 4) is 0 Å². The number of ether oxygens (including phenoxy) is 3. The minimum atomic E-state index is -1.25. The average molecular weight is 582 g/mol. The normalized spacial score (nSPS) is 45.1. The van der Waals surface area contributed by atoms with Gasteiger partial charge >= 0.3 is 5.97 Å². The van der Waals surface area contributed by atoms with Crippen molar-refractivity contribution >= 4 is 17.5 Å². The molecule has 0 unspecified atom stereocenters. The lowest BCUT2D eigenvalue weighted by molar-refractivity contribution is -0.210. The van der Waals surface area contributed by atoms with Crippen LogP contribution in [0.1, 0.15) is 84.5 Å². The quantitative estimate of drug-likeness (QED) is 0.467. The summed E-state index contributed by atoms with van der Waals surface area (Å²) in [5.74, 6) is -0.0982. The van der Waals surface area contributed by atoms with Crippen molar-refractivity contribution in [1.82, 2.24) is 4.90 Å². The zero-order valence-corrected chi connectivity index (χ0v) is 25.2. The number of allylic oxidation sites excluding steroid dienone is 4. The van der Waals surface area contributed by atoms with E-state index in [4.69, 9.17) is 14.2 Å². The molecule has 9 atom stereocenters. The van der Waals surface area contributed by atoms with Crippen LogP contribution in [0.2, 0.25) is 0 Å². The van der Waals surface area contributed by atoms with E-state index in [-0.39, 0.29) is 59.8 Å². The van der Waals surface area contributed by atoms with E-state index in [0.29, 0.717) is 12.8 Å². The number of ketones is 2. The lowest BCUT2D eigenvalue weighted by atomic mass is 9.46. The van der Waals surface area contributed by atoms with Gasteiger partial charge in [0.15, 0.2) is 24.3 Å². The van der Waals surface area contributed by atoms with Gasteiger partial charge in [0.2, 0.25) is 5.78 Å². The molecule has 6 fully saturated rings. The molecule has 4 saturated carbocycles. The van der Waals surface area contributed by atoms with Crippen molar-refractivity contribution in [3.63, 3.8) is 0 Å². The first-order valence-corrected chi connectivity index (χ1v) is 16.5. The number of esters is 1. The topological polar surface area (TPSA) is 102 Å². The molecule has 0 aromatic heterocycles. The minimum Gasteiger partial charge on any atom is -0.457 e. The molecule has 230 valence electrons. The van der Waals surface area contributed by atoms with Crippen LogP contribution in [-0.2, 0) is 28.6 Å². The van der Waals surface area contributed by atoms with Crippen LogP contribution in [-0.4, -0.2) is 77.9 Å². The summed E-state index contributed by atoms with van der Waals surface area (Å²) in [6.07, 6.45) is 14.4. The summed E-state index contributed by atoms with van der Waals surface area (Å²) >= 11 is 0. The maximum Gasteiger partial charge on any atom is 0.320 e. The fourth-order valence-electron chi connectivity index (χ4n) is 10.6. The van der Waals surface area contributed by atoms with Gasteiger partial charge in [-0.3, -0.25) is 19.3 Å². The summed E-state index contributed by atoms with van der Waals surface area (Å²) in [7, 11) is 0. The van der Waals surface area contributed by atoms with Crippen molar-refractivity contribution in [2.45, 2.75) is 109 Å². The molecule has 8 nitrogen and oxygen atoms in total. The third kappa shape index (κ3) is 4.33. The van der Waals surface area contributed by atoms with E-state index in [0.717, 1.165) is 70.0 Å². The molecule has 0 bridgehead atoms. The Bertz CT molecular complexity index is 1180. The number of aliphatic hydroxyl groups is 1. The Morgan fingerprint density at radius 2 is 1.86 bits per heavy atom. The molecule has 0 aromatic rings. The molecule has 5 aliphatic carbocycles. The number of carbonyl (C=O) groups is 3. The molecule has 7 rings (SSSR count). The summed E-state index contributed by atoms with van der Waals surface area (Å²) in [6.45, 7) is 5.93. The molecule has 7 aliphatic rings. The zero-order chi connectivity index (χ0) is 29.3. The zero-order valence-electron chi connectivity index (χ0n) is 25.2. The number of hydrogen-bond donors (Lipinski definition) is 1. The van der Waals surface area contributed by atoms with Gasteiger partial charge in [-0.05, 0) is 88.4 Å². The van der Waals surface area contributed by atoms with Crippen LogP contribution < -0.4 is 0 Å². The highest BCUT2D eigenvalue weighted by Crippen LogP contribution is 2.70. The van der Waals surface area contributed by atoms with Gasteiger partial charge in [0, 0.05) is 22.7 Å². The number of likely N-dealkylation sites (tertiary alicyclic amines) is 1. The summed E-state index contributed by atoms with van der Waals surface area (Å²) in [5.41, 5.74) is -1.19. The summed E-state index contributed by atoms with van der Waals surface area (Å²) in [4.78, 5) is 41.5. The Morgan fingerprint density at radius 3 is 2.62 bits per heavy atom. The van der Waals surface area contributed by atoms with Gasteiger partial charge in [-0.25, -0.2) is 0 Å². The van der Waals surface area contributed by atoms with E-state index in [1.54, 1.807) is 12.2 Å². The Morgan fingerprint density at radius 1 is 1.10 bits per heavy atom. The molecular weight excluding hydrogens is 534 g/mol. The lowest BCUT2D eigenvalue weighted by Crippen LogP contribution is -2.63. The first-order chi connectivity index (χ1) is 20.2. The largest absolute Gasteiger partial charge is 0.457 e. The molecule has 0 radical (unpaired) electrons. The first kappa shape index (κ1) is 28.9. The Hall–Kier alpha value is -1.87. The van der Waals surface area contributed by atoms with Crippen LogP contribution in [0.15, 0.2) is 23.8 Å². The standard InChI is InChI=1S/C34H47NO7/c1-32-13-12-23(36)16-22(32)10-11-24-25-17-28-34(33(25,2)18-26(37)30(24)32,42-31(41-28)21-8-4-3-5-9-21)27(38)20-40-29(39)19-35-14-6-7-15-35/h12-13,16,21,24-26,28,30-31,37H,3-11,14-15,17-20H2,1-2H3/t24-,25-,26-,28+,30+,31+,32-,33-,34+/m0/s1. The van der Waals surface area contributed by atoms with E-state index < -0.39 is 29.5 Å². The van der Waals surface area contributed by atoms with Crippen molar-refractivity contribution in [3.05, 3.63) is 23.8 Å².